The van der Waals surface area contributed by atoms with Crippen LogP contribution in [-0.2, 0) is 6.18 Å². The first-order chi connectivity index (χ1) is 10.3. The van der Waals surface area contributed by atoms with Gasteiger partial charge in [0.25, 0.3) is 5.82 Å². The smallest absolute Gasteiger partial charge is 0.435 e. The number of aromatic nitrogens is 3. The molecule has 0 saturated heterocycles. The molecule has 118 valence electrons. The number of rotatable bonds is 4. The van der Waals surface area contributed by atoms with Crippen LogP contribution in [-0.4, -0.2) is 27.7 Å². The van der Waals surface area contributed by atoms with Crippen LogP contribution in [0.25, 0.3) is 0 Å². The molecule has 0 aliphatic heterocycles. The van der Waals surface area contributed by atoms with Gasteiger partial charge in [0.15, 0.2) is 0 Å². The number of benzene rings is 1. The van der Waals surface area contributed by atoms with Gasteiger partial charge in [-0.15, -0.1) is 5.10 Å². The molecule has 5 nitrogen and oxygen atoms in total. The SMILES string of the molecule is FC(F)Oc1ccc(C=Nn2c(C(F)(F)F)n[nH]c2=S)cc1. The molecule has 2 rings (SSSR count). The highest BCUT2D eigenvalue weighted by Crippen LogP contribution is 2.27. The molecule has 0 aliphatic rings. The Hall–Kier alpha value is -2.30. The number of alkyl halides is 5. The van der Waals surface area contributed by atoms with Crippen LogP contribution >= 0.6 is 12.2 Å². The molecule has 0 spiro atoms. The van der Waals surface area contributed by atoms with E-state index in [1.165, 1.54) is 24.3 Å². The molecular formula is C11H7F5N4OS. The first-order valence-electron chi connectivity index (χ1n) is 5.61. The van der Waals surface area contributed by atoms with Crippen molar-refractivity contribution in [3.05, 3.63) is 40.4 Å². The zero-order valence-corrected chi connectivity index (χ0v) is 11.3. The van der Waals surface area contributed by atoms with Gasteiger partial charge in [-0.25, -0.2) is 5.10 Å². The molecule has 0 saturated carbocycles. The van der Waals surface area contributed by atoms with E-state index in [1.54, 1.807) is 0 Å². The number of ether oxygens (including phenoxy) is 1. The highest BCUT2D eigenvalue weighted by Gasteiger charge is 2.37. The molecule has 1 aromatic carbocycles. The topological polar surface area (TPSA) is 55.2 Å². The summed E-state index contributed by atoms with van der Waals surface area (Å²) in [6, 6.07) is 5.15. The van der Waals surface area contributed by atoms with Crippen LogP contribution in [0.15, 0.2) is 29.4 Å². The highest BCUT2D eigenvalue weighted by atomic mass is 32.1. The van der Waals surface area contributed by atoms with Crippen LogP contribution in [0.5, 0.6) is 5.75 Å². The summed E-state index contributed by atoms with van der Waals surface area (Å²) >= 11 is 4.65. The predicted molar refractivity (Wildman–Crippen MR) is 68.5 cm³/mol. The molecule has 11 heteroatoms. The number of halogens is 5. The highest BCUT2D eigenvalue weighted by molar-refractivity contribution is 7.71. The van der Waals surface area contributed by atoms with E-state index < -0.39 is 18.6 Å². The van der Waals surface area contributed by atoms with E-state index in [1.807, 2.05) is 5.10 Å². The molecule has 0 atom stereocenters. The molecule has 22 heavy (non-hydrogen) atoms. The minimum atomic E-state index is -4.72. The molecule has 1 aromatic heterocycles. The van der Waals surface area contributed by atoms with Crippen LogP contribution in [0.4, 0.5) is 22.0 Å². The fourth-order valence-electron chi connectivity index (χ4n) is 1.44. The largest absolute Gasteiger partial charge is 0.453 e. The van der Waals surface area contributed by atoms with Crippen molar-refractivity contribution in [2.75, 3.05) is 0 Å². The lowest BCUT2D eigenvalue weighted by molar-refractivity contribution is -0.147. The summed E-state index contributed by atoms with van der Waals surface area (Å²) in [6.07, 6.45) is -3.65. The van der Waals surface area contributed by atoms with Gasteiger partial charge in [0.05, 0.1) is 6.21 Å². The number of H-pyrrole nitrogens is 1. The maximum Gasteiger partial charge on any atom is 0.453 e. The maximum absolute atomic E-state index is 12.7. The molecule has 0 fully saturated rings. The van der Waals surface area contributed by atoms with Gasteiger partial charge in [-0.2, -0.15) is 31.7 Å². The van der Waals surface area contributed by atoms with Gasteiger partial charge in [-0.1, -0.05) is 0 Å². The lowest BCUT2D eigenvalue weighted by Gasteiger charge is -2.05. The maximum atomic E-state index is 12.7. The zero-order chi connectivity index (χ0) is 16.3. The first-order valence-corrected chi connectivity index (χ1v) is 6.02. The summed E-state index contributed by atoms with van der Waals surface area (Å²) in [4.78, 5) is 0. The van der Waals surface area contributed by atoms with E-state index >= 15 is 0 Å². The zero-order valence-electron chi connectivity index (χ0n) is 10.5. The van der Waals surface area contributed by atoms with Crippen molar-refractivity contribution in [2.45, 2.75) is 12.8 Å². The van der Waals surface area contributed by atoms with Crippen molar-refractivity contribution in [2.24, 2.45) is 5.10 Å². The fraction of sp³-hybridized carbons (Fsp3) is 0.182. The lowest BCUT2D eigenvalue weighted by atomic mass is 10.2. The average Bonchev–Trinajstić information content (AvgIpc) is 2.78. The van der Waals surface area contributed by atoms with E-state index in [2.05, 4.69) is 27.2 Å². The number of nitrogens with zero attached hydrogens (tertiary/aromatic N) is 3. The summed E-state index contributed by atoms with van der Waals surface area (Å²) in [5.41, 5.74) is 0.359. The van der Waals surface area contributed by atoms with Crippen molar-refractivity contribution >= 4 is 18.4 Å². The Morgan fingerprint density at radius 2 is 1.91 bits per heavy atom. The normalized spacial score (nSPS) is 12.3. The molecular weight excluding hydrogens is 331 g/mol. The van der Waals surface area contributed by atoms with Crippen LogP contribution < -0.4 is 4.74 Å². The Bertz CT molecular complexity index is 719. The minimum absolute atomic E-state index is 0.0805. The second-order valence-corrected chi connectivity index (χ2v) is 4.24. The third kappa shape index (κ3) is 3.87. The van der Waals surface area contributed by atoms with E-state index in [0.29, 0.717) is 10.2 Å². The Kier molecular flexibility index (Phi) is 4.54. The number of aromatic amines is 1. The summed E-state index contributed by atoms with van der Waals surface area (Å²) < 4.78 is 66.1. The Balaban J connectivity index is 2.22. The molecule has 0 radical (unpaired) electrons. The predicted octanol–water partition coefficient (Wildman–Crippen LogP) is 3.44. The van der Waals surface area contributed by atoms with Gasteiger partial charge >= 0.3 is 12.8 Å². The molecule has 0 unspecified atom stereocenters. The van der Waals surface area contributed by atoms with Gasteiger partial charge in [0.2, 0.25) is 4.77 Å². The third-order valence-electron chi connectivity index (χ3n) is 2.33. The van der Waals surface area contributed by atoms with E-state index in [4.69, 9.17) is 0 Å². The van der Waals surface area contributed by atoms with Gasteiger partial charge in [0.1, 0.15) is 5.75 Å². The van der Waals surface area contributed by atoms with Crippen molar-refractivity contribution in [3.8, 4) is 5.75 Å². The Morgan fingerprint density at radius 3 is 2.45 bits per heavy atom. The lowest BCUT2D eigenvalue weighted by Crippen LogP contribution is -2.12. The van der Waals surface area contributed by atoms with Crippen LogP contribution in [0.2, 0.25) is 0 Å². The first kappa shape index (κ1) is 16.1. The van der Waals surface area contributed by atoms with E-state index in [0.717, 1.165) is 6.21 Å². The van der Waals surface area contributed by atoms with Crippen LogP contribution in [0.3, 0.4) is 0 Å². The molecule has 0 bridgehead atoms. The molecule has 2 aromatic rings. The minimum Gasteiger partial charge on any atom is -0.435 e. The summed E-state index contributed by atoms with van der Waals surface area (Å²) in [5.74, 6) is -1.38. The molecule has 1 N–H and O–H groups in total. The number of hydrogen-bond acceptors (Lipinski definition) is 4. The third-order valence-corrected chi connectivity index (χ3v) is 2.60. The van der Waals surface area contributed by atoms with Gasteiger partial charge in [-0.3, -0.25) is 0 Å². The molecule has 0 aliphatic carbocycles. The van der Waals surface area contributed by atoms with Crippen LogP contribution in [0.1, 0.15) is 11.4 Å². The van der Waals surface area contributed by atoms with Crippen molar-refractivity contribution in [1.29, 1.82) is 0 Å². The monoisotopic (exact) mass is 338 g/mol. The number of nitrogens with one attached hydrogen (secondary N) is 1. The second-order valence-electron chi connectivity index (χ2n) is 3.85. The molecule has 1 heterocycles. The second kappa shape index (κ2) is 6.22. The quantitative estimate of drug-likeness (QED) is 0.528. The average molecular weight is 338 g/mol. The standard InChI is InChI=1S/C11H7F5N4OS/c12-9(13)21-7-3-1-6(2-4-7)5-17-20-8(11(14,15)16)18-19-10(20)22/h1-5,9H,(H,19,22). The van der Waals surface area contributed by atoms with Gasteiger partial charge in [0, 0.05) is 0 Å². The Labute approximate surface area is 125 Å². The number of hydrogen-bond donors (Lipinski definition) is 1. The van der Waals surface area contributed by atoms with Crippen molar-refractivity contribution in [3.63, 3.8) is 0 Å². The summed E-state index contributed by atoms with van der Waals surface area (Å²) in [5, 5.41) is 8.62. The van der Waals surface area contributed by atoms with Crippen molar-refractivity contribution in [1.82, 2.24) is 14.9 Å². The fourth-order valence-corrected chi connectivity index (χ4v) is 1.62. The molecule has 0 amide bonds. The van der Waals surface area contributed by atoms with E-state index in [9.17, 15) is 22.0 Å². The van der Waals surface area contributed by atoms with Gasteiger partial charge < -0.3 is 4.74 Å². The summed E-state index contributed by atoms with van der Waals surface area (Å²) in [6.45, 7) is -2.96. The van der Waals surface area contributed by atoms with Crippen LogP contribution in [0, 0.1) is 4.77 Å². The Morgan fingerprint density at radius 1 is 1.27 bits per heavy atom. The summed E-state index contributed by atoms with van der Waals surface area (Å²) in [7, 11) is 0. The van der Waals surface area contributed by atoms with E-state index in [-0.39, 0.29) is 10.5 Å². The van der Waals surface area contributed by atoms with Crippen molar-refractivity contribution < 1.29 is 26.7 Å². The van der Waals surface area contributed by atoms with Gasteiger partial charge in [-0.05, 0) is 42.0 Å².